The maximum absolute atomic E-state index is 11.4. The summed E-state index contributed by atoms with van der Waals surface area (Å²) in [6.07, 6.45) is 0.852. The van der Waals surface area contributed by atoms with E-state index in [4.69, 9.17) is 4.74 Å². The van der Waals surface area contributed by atoms with E-state index in [1.165, 1.54) is 11.3 Å². The SMILES string of the molecule is CCOC(C)(CC)c1nc(C)c(C(C)=O)s1. The quantitative estimate of drug-likeness (QED) is 0.742. The Morgan fingerprint density at radius 2 is 2.12 bits per heavy atom. The lowest BCUT2D eigenvalue weighted by Gasteiger charge is -2.25. The first kappa shape index (κ1) is 13.3. The van der Waals surface area contributed by atoms with Crippen molar-refractivity contribution in [1.29, 1.82) is 0 Å². The molecule has 3 nitrogen and oxygen atoms in total. The molecule has 1 atom stereocenters. The zero-order valence-corrected chi connectivity index (χ0v) is 11.4. The summed E-state index contributed by atoms with van der Waals surface area (Å²) in [6, 6.07) is 0. The van der Waals surface area contributed by atoms with Gasteiger partial charge in [0.1, 0.15) is 10.6 Å². The Morgan fingerprint density at radius 1 is 1.50 bits per heavy atom. The van der Waals surface area contributed by atoms with Gasteiger partial charge >= 0.3 is 0 Å². The van der Waals surface area contributed by atoms with Crippen LogP contribution in [0.4, 0.5) is 0 Å². The Morgan fingerprint density at radius 3 is 2.50 bits per heavy atom. The van der Waals surface area contributed by atoms with Gasteiger partial charge in [-0.3, -0.25) is 4.79 Å². The number of aryl methyl sites for hydroxylation is 1. The van der Waals surface area contributed by atoms with Gasteiger partial charge in [0.2, 0.25) is 0 Å². The largest absolute Gasteiger partial charge is 0.368 e. The number of hydrogen-bond acceptors (Lipinski definition) is 4. The fraction of sp³-hybridized carbons (Fsp3) is 0.667. The minimum Gasteiger partial charge on any atom is -0.368 e. The molecule has 0 aromatic carbocycles. The molecule has 90 valence electrons. The number of rotatable bonds is 5. The van der Waals surface area contributed by atoms with Crippen molar-refractivity contribution in [3.8, 4) is 0 Å². The first-order valence-electron chi connectivity index (χ1n) is 5.57. The van der Waals surface area contributed by atoms with Crippen molar-refractivity contribution < 1.29 is 9.53 Å². The highest BCUT2D eigenvalue weighted by molar-refractivity contribution is 7.14. The van der Waals surface area contributed by atoms with E-state index in [9.17, 15) is 4.79 Å². The molecule has 16 heavy (non-hydrogen) atoms. The predicted molar refractivity (Wildman–Crippen MR) is 66.1 cm³/mol. The number of hydrogen-bond donors (Lipinski definition) is 0. The molecule has 0 aliphatic rings. The van der Waals surface area contributed by atoms with E-state index < -0.39 is 0 Å². The van der Waals surface area contributed by atoms with Crippen molar-refractivity contribution in [2.24, 2.45) is 0 Å². The van der Waals surface area contributed by atoms with E-state index >= 15 is 0 Å². The Bertz CT molecular complexity index is 386. The zero-order chi connectivity index (χ0) is 12.3. The molecule has 1 unspecified atom stereocenters. The number of thiazole rings is 1. The maximum atomic E-state index is 11.4. The second-order valence-electron chi connectivity index (χ2n) is 4.01. The highest BCUT2D eigenvalue weighted by Crippen LogP contribution is 2.33. The fourth-order valence-corrected chi connectivity index (χ4v) is 2.72. The second kappa shape index (κ2) is 5.06. The van der Waals surface area contributed by atoms with E-state index in [0.29, 0.717) is 6.61 Å². The summed E-state index contributed by atoms with van der Waals surface area (Å²) in [7, 11) is 0. The lowest BCUT2D eigenvalue weighted by Crippen LogP contribution is -2.24. The fourth-order valence-electron chi connectivity index (χ4n) is 1.58. The van der Waals surface area contributed by atoms with Crippen molar-refractivity contribution >= 4 is 17.1 Å². The third-order valence-corrected chi connectivity index (χ3v) is 4.21. The van der Waals surface area contributed by atoms with Crippen molar-refractivity contribution in [1.82, 2.24) is 4.98 Å². The summed E-state index contributed by atoms with van der Waals surface area (Å²) in [4.78, 5) is 16.6. The Labute approximate surface area is 101 Å². The van der Waals surface area contributed by atoms with Crippen LogP contribution in [-0.4, -0.2) is 17.4 Å². The van der Waals surface area contributed by atoms with E-state index in [1.807, 2.05) is 20.8 Å². The molecule has 0 saturated heterocycles. The molecule has 4 heteroatoms. The number of ether oxygens (including phenoxy) is 1. The molecule has 0 amide bonds. The van der Waals surface area contributed by atoms with Gasteiger partial charge in [0, 0.05) is 13.5 Å². The number of carbonyl (C=O) groups is 1. The molecule has 0 spiro atoms. The summed E-state index contributed by atoms with van der Waals surface area (Å²) < 4.78 is 5.75. The van der Waals surface area contributed by atoms with Crippen LogP contribution in [0, 0.1) is 6.92 Å². The number of ketones is 1. The van der Waals surface area contributed by atoms with E-state index in [1.54, 1.807) is 6.92 Å². The first-order valence-corrected chi connectivity index (χ1v) is 6.39. The molecule has 0 radical (unpaired) electrons. The van der Waals surface area contributed by atoms with Crippen LogP contribution in [0.3, 0.4) is 0 Å². The van der Waals surface area contributed by atoms with Crippen LogP contribution in [0.5, 0.6) is 0 Å². The van der Waals surface area contributed by atoms with E-state index in [0.717, 1.165) is 22.0 Å². The van der Waals surface area contributed by atoms with Crippen LogP contribution in [0.25, 0.3) is 0 Å². The third kappa shape index (κ3) is 2.50. The highest BCUT2D eigenvalue weighted by atomic mass is 32.1. The van der Waals surface area contributed by atoms with Gasteiger partial charge in [-0.2, -0.15) is 0 Å². The van der Waals surface area contributed by atoms with Gasteiger partial charge in [0.25, 0.3) is 0 Å². The van der Waals surface area contributed by atoms with Gasteiger partial charge < -0.3 is 4.74 Å². The van der Waals surface area contributed by atoms with Crippen LogP contribution in [-0.2, 0) is 10.3 Å². The normalized spacial score (nSPS) is 14.8. The molecular formula is C12H19NO2S. The number of Topliss-reactive ketones (excluding diaryl/α,β-unsaturated/α-hetero) is 1. The summed E-state index contributed by atoms with van der Waals surface area (Å²) in [6.45, 7) is 10.2. The van der Waals surface area contributed by atoms with Gasteiger partial charge in [-0.25, -0.2) is 4.98 Å². The standard InChI is InChI=1S/C12H19NO2S/c1-6-12(5,15-7-2)11-13-8(3)10(16-11)9(4)14/h6-7H2,1-5H3. The molecule has 0 fully saturated rings. The topological polar surface area (TPSA) is 39.2 Å². The molecule has 0 aliphatic heterocycles. The van der Waals surface area contributed by atoms with Gasteiger partial charge in [-0.1, -0.05) is 6.92 Å². The molecule has 1 heterocycles. The van der Waals surface area contributed by atoms with Gasteiger partial charge in [0.05, 0.1) is 10.6 Å². The molecule has 1 aromatic rings. The zero-order valence-electron chi connectivity index (χ0n) is 10.6. The second-order valence-corrected chi connectivity index (χ2v) is 5.01. The van der Waals surface area contributed by atoms with Gasteiger partial charge in [0.15, 0.2) is 5.78 Å². The van der Waals surface area contributed by atoms with Crippen LogP contribution in [0.2, 0.25) is 0 Å². The Kier molecular flexibility index (Phi) is 4.21. The van der Waals surface area contributed by atoms with Crippen molar-refractivity contribution in [3.05, 3.63) is 15.6 Å². The highest BCUT2D eigenvalue weighted by Gasteiger charge is 2.30. The predicted octanol–water partition coefficient (Wildman–Crippen LogP) is 3.32. The third-order valence-electron chi connectivity index (χ3n) is 2.71. The minimum absolute atomic E-state index is 0.0798. The number of carbonyl (C=O) groups excluding carboxylic acids is 1. The summed E-state index contributed by atoms with van der Waals surface area (Å²) in [5, 5.41) is 0.902. The average Bonchev–Trinajstić information content (AvgIpc) is 2.61. The monoisotopic (exact) mass is 241 g/mol. The molecular weight excluding hydrogens is 222 g/mol. The maximum Gasteiger partial charge on any atom is 0.171 e. The lowest BCUT2D eigenvalue weighted by atomic mass is 10.0. The molecule has 1 aromatic heterocycles. The Hall–Kier alpha value is -0.740. The van der Waals surface area contributed by atoms with Crippen LogP contribution < -0.4 is 0 Å². The van der Waals surface area contributed by atoms with Crippen molar-refractivity contribution in [3.63, 3.8) is 0 Å². The number of aromatic nitrogens is 1. The first-order chi connectivity index (χ1) is 7.44. The van der Waals surface area contributed by atoms with E-state index in [2.05, 4.69) is 11.9 Å². The minimum atomic E-state index is -0.363. The lowest BCUT2D eigenvalue weighted by molar-refractivity contribution is -0.0325. The number of nitrogens with zero attached hydrogens (tertiary/aromatic N) is 1. The van der Waals surface area contributed by atoms with E-state index in [-0.39, 0.29) is 11.4 Å². The summed E-state index contributed by atoms with van der Waals surface area (Å²) in [5.74, 6) is 0.0798. The molecule has 0 N–H and O–H groups in total. The summed E-state index contributed by atoms with van der Waals surface area (Å²) >= 11 is 1.45. The van der Waals surface area contributed by atoms with Crippen LogP contribution >= 0.6 is 11.3 Å². The van der Waals surface area contributed by atoms with Crippen molar-refractivity contribution in [2.75, 3.05) is 6.61 Å². The molecule has 0 aliphatic carbocycles. The Balaban J connectivity index is 3.12. The van der Waals surface area contributed by atoms with Gasteiger partial charge in [-0.05, 0) is 27.2 Å². The van der Waals surface area contributed by atoms with Crippen molar-refractivity contribution in [2.45, 2.75) is 46.6 Å². The van der Waals surface area contributed by atoms with Gasteiger partial charge in [-0.15, -0.1) is 11.3 Å². The van der Waals surface area contributed by atoms with Crippen LogP contribution in [0.15, 0.2) is 0 Å². The van der Waals surface area contributed by atoms with Crippen LogP contribution in [0.1, 0.15) is 54.5 Å². The molecule has 0 saturated carbocycles. The summed E-state index contributed by atoms with van der Waals surface area (Å²) in [5.41, 5.74) is 0.449. The molecule has 0 bridgehead atoms. The average molecular weight is 241 g/mol. The smallest absolute Gasteiger partial charge is 0.171 e. The molecule has 1 rings (SSSR count).